The predicted octanol–water partition coefficient (Wildman–Crippen LogP) is 3.37. The number of rotatable bonds is 5. The number of fused-ring (bicyclic) bond motifs is 1. The number of carbonyl (C=O) groups excluding carboxylic acids is 3. The second-order valence-corrected chi connectivity index (χ2v) is 8.86. The standard InChI is InChI=1S/C17H12N4O3S3/c1-21-14(23)11-5-4-9(7-12(11)15(21)24)13(22)18-16-19-20-17(27-16)26-8-10-3-2-6-25-10/h2-7H,8H2,1H3,(H,18,19,22). The summed E-state index contributed by atoms with van der Waals surface area (Å²) in [6.07, 6.45) is 0. The zero-order valence-electron chi connectivity index (χ0n) is 14.0. The Morgan fingerprint density at radius 3 is 2.78 bits per heavy atom. The minimum absolute atomic E-state index is 0.236. The third-order valence-corrected chi connectivity index (χ3v) is 6.98. The second-order valence-electron chi connectivity index (χ2n) is 5.62. The molecule has 0 fully saturated rings. The van der Waals surface area contributed by atoms with Crippen molar-refractivity contribution in [1.29, 1.82) is 0 Å². The van der Waals surface area contributed by atoms with Crippen molar-refractivity contribution in [1.82, 2.24) is 15.1 Å². The van der Waals surface area contributed by atoms with E-state index in [9.17, 15) is 14.4 Å². The molecule has 0 spiro atoms. The van der Waals surface area contributed by atoms with Gasteiger partial charge in [0, 0.05) is 23.2 Å². The van der Waals surface area contributed by atoms with Crippen LogP contribution >= 0.6 is 34.4 Å². The number of hydrogen-bond acceptors (Lipinski definition) is 8. The quantitative estimate of drug-likeness (QED) is 0.389. The number of imide groups is 1. The maximum absolute atomic E-state index is 12.5. The molecule has 3 heterocycles. The molecule has 1 aliphatic rings. The van der Waals surface area contributed by atoms with E-state index in [0.29, 0.717) is 10.7 Å². The normalized spacial score (nSPS) is 13.1. The van der Waals surface area contributed by atoms with Crippen LogP contribution in [0.2, 0.25) is 0 Å². The SMILES string of the molecule is CN1C(=O)c2ccc(C(=O)Nc3nnc(SCc4cccs4)s3)cc2C1=O. The zero-order valence-corrected chi connectivity index (χ0v) is 16.4. The summed E-state index contributed by atoms with van der Waals surface area (Å²) in [6.45, 7) is 0. The molecule has 2 aromatic heterocycles. The van der Waals surface area contributed by atoms with E-state index in [2.05, 4.69) is 21.6 Å². The molecule has 0 saturated heterocycles. The second kappa shape index (κ2) is 7.22. The number of benzene rings is 1. The van der Waals surface area contributed by atoms with Gasteiger partial charge in [0.15, 0.2) is 4.34 Å². The van der Waals surface area contributed by atoms with Crippen molar-refractivity contribution in [3.63, 3.8) is 0 Å². The zero-order chi connectivity index (χ0) is 19.0. The van der Waals surface area contributed by atoms with Gasteiger partial charge in [0.2, 0.25) is 5.13 Å². The van der Waals surface area contributed by atoms with Crippen molar-refractivity contribution in [2.45, 2.75) is 10.1 Å². The molecule has 1 aromatic carbocycles. The minimum Gasteiger partial charge on any atom is -0.296 e. The summed E-state index contributed by atoms with van der Waals surface area (Å²) < 4.78 is 0.759. The topological polar surface area (TPSA) is 92.3 Å². The van der Waals surface area contributed by atoms with E-state index < -0.39 is 11.8 Å². The Labute approximate surface area is 166 Å². The van der Waals surface area contributed by atoms with Crippen LogP contribution in [0.5, 0.6) is 0 Å². The lowest BCUT2D eigenvalue weighted by Gasteiger charge is -2.03. The van der Waals surface area contributed by atoms with Gasteiger partial charge < -0.3 is 0 Å². The van der Waals surface area contributed by atoms with Gasteiger partial charge >= 0.3 is 0 Å². The molecule has 3 amide bonds. The van der Waals surface area contributed by atoms with Crippen molar-refractivity contribution in [3.05, 3.63) is 57.3 Å². The number of anilines is 1. The predicted molar refractivity (Wildman–Crippen MR) is 105 cm³/mol. The monoisotopic (exact) mass is 416 g/mol. The summed E-state index contributed by atoms with van der Waals surface area (Å²) in [6, 6.07) is 8.50. The number of thiophene rings is 1. The minimum atomic E-state index is -0.409. The molecule has 136 valence electrons. The summed E-state index contributed by atoms with van der Waals surface area (Å²) in [5.74, 6) is -0.376. The summed E-state index contributed by atoms with van der Waals surface area (Å²) in [7, 11) is 1.42. The lowest BCUT2D eigenvalue weighted by atomic mass is 10.1. The van der Waals surface area contributed by atoms with Gasteiger partial charge in [-0.1, -0.05) is 29.2 Å². The molecule has 0 saturated carbocycles. The molecule has 0 atom stereocenters. The highest BCUT2D eigenvalue weighted by molar-refractivity contribution is 8.00. The molecular weight excluding hydrogens is 404 g/mol. The third kappa shape index (κ3) is 3.51. The molecule has 7 nitrogen and oxygen atoms in total. The Balaban J connectivity index is 1.44. The number of aromatic nitrogens is 2. The van der Waals surface area contributed by atoms with Gasteiger partial charge in [0.1, 0.15) is 0 Å². The van der Waals surface area contributed by atoms with Crippen molar-refractivity contribution in [3.8, 4) is 0 Å². The molecule has 0 radical (unpaired) electrons. The summed E-state index contributed by atoms with van der Waals surface area (Å²) >= 11 is 4.52. The first-order valence-electron chi connectivity index (χ1n) is 7.79. The van der Waals surface area contributed by atoms with Crippen molar-refractivity contribution >= 4 is 57.3 Å². The van der Waals surface area contributed by atoms with E-state index in [-0.39, 0.29) is 17.0 Å². The highest BCUT2D eigenvalue weighted by Gasteiger charge is 2.33. The van der Waals surface area contributed by atoms with Gasteiger partial charge in [-0.2, -0.15) is 0 Å². The van der Waals surface area contributed by atoms with Crippen LogP contribution in [0.1, 0.15) is 36.0 Å². The lowest BCUT2D eigenvalue weighted by molar-refractivity contribution is 0.0693. The van der Waals surface area contributed by atoms with Gasteiger partial charge in [-0.3, -0.25) is 24.6 Å². The molecular formula is C17H12N4O3S3. The average molecular weight is 417 g/mol. The number of nitrogens with one attached hydrogen (secondary N) is 1. The van der Waals surface area contributed by atoms with E-state index in [1.807, 2.05) is 11.4 Å². The van der Waals surface area contributed by atoms with Crippen LogP contribution in [0.4, 0.5) is 5.13 Å². The first kappa shape index (κ1) is 17.8. The molecule has 1 N–H and O–H groups in total. The van der Waals surface area contributed by atoms with Crippen molar-refractivity contribution < 1.29 is 14.4 Å². The van der Waals surface area contributed by atoms with E-state index in [0.717, 1.165) is 15.0 Å². The van der Waals surface area contributed by atoms with Gasteiger partial charge in [-0.15, -0.1) is 21.5 Å². The Morgan fingerprint density at radius 1 is 1.19 bits per heavy atom. The van der Waals surface area contributed by atoms with Crippen LogP contribution in [0.25, 0.3) is 0 Å². The molecule has 4 rings (SSSR count). The van der Waals surface area contributed by atoms with Crippen LogP contribution in [-0.2, 0) is 5.75 Å². The fraction of sp³-hybridized carbons (Fsp3) is 0.118. The fourth-order valence-electron chi connectivity index (χ4n) is 2.52. The first-order valence-corrected chi connectivity index (χ1v) is 10.5. The van der Waals surface area contributed by atoms with E-state index >= 15 is 0 Å². The molecule has 3 aromatic rings. The lowest BCUT2D eigenvalue weighted by Crippen LogP contribution is -2.24. The van der Waals surface area contributed by atoms with Crippen molar-refractivity contribution in [2.24, 2.45) is 0 Å². The Hall–Kier alpha value is -2.56. The van der Waals surface area contributed by atoms with Crippen LogP contribution in [0.3, 0.4) is 0 Å². The average Bonchev–Trinajstić information content (AvgIpc) is 3.39. The summed E-state index contributed by atoms with van der Waals surface area (Å²) in [4.78, 5) is 38.7. The maximum atomic E-state index is 12.5. The summed E-state index contributed by atoms with van der Waals surface area (Å²) in [5.41, 5.74) is 0.829. The third-order valence-electron chi connectivity index (χ3n) is 3.90. The number of amides is 3. The fourth-order valence-corrected chi connectivity index (χ4v) is 5.04. The highest BCUT2D eigenvalue weighted by Crippen LogP contribution is 2.30. The molecule has 10 heteroatoms. The first-order chi connectivity index (χ1) is 13.0. The summed E-state index contributed by atoms with van der Waals surface area (Å²) in [5, 5.41) is 13.1. The smallest absolute Gasteiger partial charge is 0.261 e. The highest BCUT2D eigenvalue weighted by atomic mass is 32.2. The van der Waals surface area contributed by atoms with Gasteiger partial charge in [-0.25, -0.2) is 0 Å². The van der Waals surface area contributed by atoms with Crippen LogP contribution in [-0.4, -0.2) is 39.9 Å². The number of nitrogens with zero attached hydrogens (tertiary/aromatic N) is 3. The van der Waals surface area contributed by atoms with E-state index in [4.69, 9.17) is 0 Å². The Morgan fingerprint density at radius 2 is 2.00 bits per heavy atom. The molecule has 27 heavy (non-hydrogen) atoms. The van der Waals surface area contributed by atoms with Crippen molar-refractivity contribution in [2.75, 3.05) is 12.4 Å². The molecule has 0 bridgehead atoms. The number of hydrogen-bond donors (Lipinski definition) is 1. The maximum Gasteiger partial charge on any atom is 0.261 e. The molecule has 0 aliphatic carbocycles. The number of thioether (sulfide) groups is 1. The van der Waals surface area contributed by atoms with Crippen LogP contribution < -0.4 is 5.32 Å². The Kier molecular flexibility index (Phi) is 4.77. The number of carbonyl (C=O) groups is 3. The van der Waals surface area contributed by atoms with Gasteiger partial charge in [-0.05, 0) is 29.6 Å². The van der Waals surface area contributed by atoms with Crippen LogP contribution in [0, 0.1) is 0 Å². The van der Waals surface area contributed by atoms with E-state index in [1.54, 1.807) is 23.1 Å². The molecule has 0 unspecified atom stereocenters. The largest absolute Gasteiger partial charge is 0.296 e. The van der Waals surface area contributed by atoms with Gasteiger partial charge in [0.25, 0.3) is 17.7 Å². The Bertz CT molecular complexity index is 1050. The molecule has 1 aliphatic heterocycles. The van der Waals surface area contributed by atoms with Crippen LogP contribution in [0.15, 0.2) is 40.1 Å². The van der Waals surface area contributed by atoms with E-state index in [1.165, 1.54) is 41.5 Å². The van der Waals surface area contributed by atoms with Gasteiger partial charge in [0.05, 0.1) is 11.1 Å².